The molecule has 1 aromatic rings. The second-order valence-electron chi connectivity index (χ2n) is 7.79. The highest BCUT2D eigenvalue weighted by molar-refractivity contribution is 5.22. The first-order chi connectivity index (χ1) is 11.3. The van der Waals surface area contributed by atoms with Crippen molar-refractivity contribution in [1.29, 1.82) is 0 Å². The molecule has 1 saturated carbocycles. The molecule has 124 valence electrons. The molecule has 4 rings (SSSR count). The Morgan fingerprint density at radius 1 is 0.870 bits per heavy atom. The summed E-state index contributed by atoms with van der Waals surface area (Å²) in [6.07, 6.45) is 8.98. The number of piperazine rings is 1. The van der Waals surface area contributed by atoms with Crippen molar-refractivity contribution in [3.63, 3.8) is 0 Å². The van der Waals surface area contributed by atoms with Gasteiger partial charge in [-0.3, -0.25) is 4.90 Å². The van der Waals surface area contributed by atoms with Gasteiger partial charge in [0.05, 0.1) is 0 Å². The molecule has 3 aliphatic rings. The first-order valence-corrected chi connectivity index (χ1v) is 9.51. The monoisotopic (exact) mass is 310 g/mol. The van der Waals surface area contributed by atoms with Crippen LogP contribution in [-0.2, 0) is 13.0 Å². The highest BCUT2D eigenvalue weighted by atomic mass is 15.3. The number of nitrogens with zero attached hydrogens (tertiary/aromatic N) is 2. The number of aryl methyl sites for hydroxylation is 1. The molecule has 1 aromatic carbocycles. The van der Waals surface area contributed by atoms with Gasteiger partial charge in [0.25, 0.3) is 0 Å². The molecule has 2 aliphatic carbocycles. The van der Waals surface area contributed by atoms with E-state index in [1.807, 2.05) is 0 Å². The third-order valence-corrected chi connectivity index (χ3v) is 6.21. The maximum absolute atomic E-state index is 2.72. The normalized spacial score (nSPS) is 31.1. The van der Waals surface area contributed by atoms with E-state index in [1.165, 1.54) is 56.7 Å². The van der Waals surface area contributed by atoms with E-state index in [2.05, 4.69) is 53.1 Å². The molecular formula is C21H30N2. The topological polar surface area (TPSA) is 6.48 Å². The summed E-state index contributed by atoms with van der Waals surface area (Å²) < 4.78 is 0. The Balaban J connectivity index is 1.23. The van der Waals surface area contributed by atoms with E-state index < -0.39 is 0 Å². The van der Waals surface area contributed by atoms with Crippen LogP contribution in [0.5, 0.6) is 0 Å². The Hall–Kier alpha value is -1.12. The number of hydrogen-bond donors (Lipinski definition) is 0. The molecule has 2 heteroatoms. The van der Waals surface area contributed by atoms with Gasteiger partial charge in [0.2, 0.25) is 0 Å². The molecule has 3 atom stereocenters. The molecule has 1 aliphatic heterocycles. The minimum Gasteiger partial charge on any atom is -0.300 e. The molecular weight excluding hydrogens is 280 g/mol. The molecule has 23 heavy (non-hydrogen) atoms. The van der Waals surface area contributed by atoms with Gasteiger partial charge in [-0.05, 0) is 48.1 Å². The molecule has 1 heterocycles. The fourth-order valence-electron chi connectivity index (χ4n) is 4.70. The lowest BCUT2D eigenvalue weighted by atomic mass is 9.93. The van der Waals surface area contributed by atoms with Crippen molar-refractivity contribution in [3.8, 4) is 0 Å². The van der Waals surface area contributed by atoms with Gasteiger partial charge in [0, 0.05) is 39.3 Å². The third-order valence-electron chi connectivity index (χ3n) is 6.21. The standard InChI is InChI=1S/C21H30N2/c1-2-17-3-5-18(6-4-17)15-22-9-11-23(12-10-22)16-21-14-19-7-8-20(21)13-19/h3-8,19-21H,2,9-16H2,1H3/t19-,20-,21+/m1/s1. The number of benzene rings is 1. The van der Waals surface area contributed by atoms with Crippen LogP contribution in [0.1, 0.15) is 30.9 Å². The molecule has 2 fully saturated rings. The number of allylic oxidation sites excluding steroid dienone is 2. The lowest BCUT2D eigenvalue weighted by molar-refractivity contribution is 0.108. The minimum atomic E-state index is 0.898. The van der Waals surface area contributed by atoms with Crippen LogP contribution in [0.3, 0.4) is 0 Å². The quantitative estimate of drug-likeness (QED) is 0.767. The Morgan fingerprint density at radius 2 is 1.57 bits per heavy atom. The second-order valence-corrected chi connectivity index (χ2v) is 7.79. The van der Waals surface area contributed by atoms with E-state index in [0.717, 1.165) is 30.7 Å². The van der Waals surface area contributed by atoms with Crippen molar-refractivity contribution >= 4 is 0 Å². The molecule has 0 spiro atoms. The molecule has 0 radical (unpaired) electrons. The van der Waals surface area contributed by atoms with E-state index in [4.69, 9.17) is 0 Å². The Morgan fingerprint density at radius 3 is 2.17 bits per heavy atom. The molecule has 0 N–H and O–H groups in total. The average Bonchev–Trinajstić information content (AvgIpc) is 3.20. The summed E-state index contributed by atoms with van der Waals surface area (Å²) >= 11 is 0. The predicted octanol–water partition coefficient (Wildman–Crippen LogP) is 3.58. The predicted molar refractivity (Wildman–Crippen MR) is 96.4 cm³/mol. The largest absolute Gasteiger partial charge is 0.300 e. The number of rotatable bonds is 5. The van der Waals surface area contributed by atoms with E-state index in [-0.39, 0.29) is 0 Å². The summed E-state index contributed by atoms with van der Waals surface area (Å²) in [6.45, 7) is 9.65. The lowest BCUT2D eigenvalue weighted by Gasteiger charge is -2.37. The smallest absolute Gasteiger partial charge is 0.0234 e. The van der Waals surface area contributed by atoms with Crippen molar-refractivity contribution in [1.82, 2.24) is 9.80 Å². The van der Waals surface area contributed by atoms with E-state index >= 15 is 0 Å². The summed E-state index contributed by atoms with van der Waals surface area (Å²) in [5, 5.41) is 0. The Labute approximate surface area is 141 Å². The highest BCUT2D eigenvalue weighted by Crippen LogP contribution is 2.43. The van der Waals surface area contributed by atoms with Crippen LogP contribution < -0.4 is 0 Å². The maximum atomic E-state index is 2.72. The summed E-state index contributed by atoms with van der Waals surface area (Å²) in [7, 11) is 0. The summed E-state index contributed by atoms with van der Waals surface area (Å²) in [4.78, 5) is 5.34. The Kier molecular flexibility index (Phi) is 4.54. The second kappa shape index (κ2) is 6.78. The van der Waals surface area contributed by atoms with Crippen molar-refractivity contribution in [3.05, 3.63) is 47.5 Å². The molecule has 0 aromatic heterocycles. The van der Waals surface area contributed by atoms with E-state index in [0.29, 0.717) is 0 Å². The van der Waals surface area contributed by atoms with Gasteiger partial charge in [-0.2, -0.15) is 0 Å². The molecule has 0 amide bonds. The third kappa shape index (κ3) is 3.54. The first kappa shape index (κ1) is 15.4. The molecule has 1 saturated heterocycles. The van der Waals surface area contributed by atoms with Crippen molar-refractivity contribution in [2.45, 2.75) is 32.7 Å². The van der Waals surface area contributed by atoms with E-state index in [1.54, 1.807) is 0 Å². The highest BCUT2D eigenvalue weighted by Gasteiger charge is 2.36. The van der Waals surface area contributed by atoms with Gasteiger partial charge in [0.15, 0.2) is 0 Å². The molecule has 2 nitrogen and oxygen atoms in total. The van der Waals surface area contributed by atoms with Crippen LogP contribution in [0.2, 0.25) is 0 Å². The minimum absolute atomic E-state index is 0.898. The van der Waals surface area contributed by atoms with Crippen LogP contribution in [-0.4, -0.2) is 42.5 Å². The van der Waals surface area contributed by atoms with E-state index in [9.17, 15) is 0 Å². The maximum Gasteiger partial charge on any atom is 0.0234 e. The van der Waals surface area contributed by atoms with Crippen LogP contribution in [0.4, 0.5) is 0 Å². The van der Waals surface area contributed by atoms with Crippen LogP contribution in [0.15, 0.2) is 36.4 Å². The zero-order valence-corrected chi connectivity index (χ0v) is 14.5. The van der Waals surface area contributed by atoms with Gasteiger partial charge >= 0.3 is 0 Å². The summed E-state index contributed by atoms with van der Waals surface area (Å²) in [5.41, 5.74) is 2.91. The Bertz CT molecular complexity index is 539. The van der Waals surface area contributed by atoms with Gasteiger partial charge in [-0.15, -0.1) is 0 Å². The zero-order valence-electron chi connectivity index (χ0n) is 14.5. The van der Waals surface area contributed by atoms with Crippen molar-refractivity contribution in [2.75, 3.05) is 32.7 Å². The van der Waals surface area contributed by atoms with Crippen LogP contribution >= 0.6 is 0 Å². The summed E-state index contributed by atoms with van der Waals surface area (Å²) in [5.74, 6) is 2.76. The molecule has 0 unspecified atom stereocenters. The average molecular weight is 310 g/mol. The van der Waals surface area contributed by atoms with Gasteiger partial charge in [-0.1, -0.05) is 43.3 Å². The van der Waals surface area contributed by atoms with Gasteiger partial charge in [-0.25, -0.2) is 0 Å². The number of fused-ring (bicyclic) bond motifs is 2. The van der Waals surface area contributed by atoms with Gasteiger partial charge in [0.1, 0.15) is 0 Å². The zero-order chi connectivity index (χ0) is 15.6. The lowest BCUT2D eigenvalue weighted by Crippen LogP contribution is -2.47. The number of hydrogen-bond acceptors (Lipinski definition) is 2. The van der Waals surface area contributed by atoms with Crippen molar-refractivity contribution < 1.29 is 0 Å². The SMILES string of the molecule is CCc1ccc(CN2CCN(C[C@@H]3C[C@@H]4C=C[C@@H]3C4)CC2)cc1. The van der Waals surface area contributed by atoms with Crippen LogP contribution in [0, 0.1) is 17.8 Å². The summed E-state index contributed by atoms with van der Waals surface area (Å²) in [6, 6.07) is 9.20. The fraction of sp³-hybridized carbons (Fsp3) is 0.619. The van der Waals surface area contributed by atoms with Gasteiger partial charge < -0.3 is 4.90 Å². The fourth-order valence-corrected chi connectivity index (χ4v) is 4.70. The molecule has 2 bridgehead atoms. The van der Waals surface area contributed by atoms with Crippen LogP contribution in [0.25, 0.3) is 0 Å². The van der Waals surface area contributed by atoms with Crippen molar-refractivity contribution in [2.24, 2.45) is 17.8 Å². The first-order valence-electron chi connectivity index (χ1n) is 9.51.